The number of fused-ring (bicyclic) bond motifs is 1. The third kappa shape index (κ3) is 2.95. The van der Waals surface area contributed by atoms with Crippen LogP contribution in [0.4, 0.5) is 10.1 Å². The van der Waals surface area contributed by atoms with E-state index in [4.69, 9.17) is 21.1 Å². The fraction of sp³-hybridized carbons (Fsp3) is 0.500. The van der Waals surface area contributed by atoms with Crippen molar-refractivity contribution in [1.29, 1.82) is 0 Å². The number of benzene rings is 1. The Bertz CT molecular complexity index is 813. The molecule has 1 aromatic rings. The number of unbranched alkanes of at least 4 members (excludes halogenated alkanes) is 2. The molecule has 0 aromatic heterocycles. The molecule has 7 heteroatoms. The van der Waals surface area contributed by atoms with Crippen molar-refractivity contribution in [3.8, 4) is 0 Å². The van der Waals surface area contributed by atoms with Gasteiger partial charge in [0.15, 0.2) is 0 Å². The summed E-state index contributed by atoms with van der Waals surface area (Å²) in [6.45, 7) is 2.66. The van der Waals surface area contributed by atoms with E-state index < -0.39 is 35.3 Å². The van der Waals surface area contributed by atoms with E-state index in [0.29, 0.717) is 12.3 Å². The van der Waals surface area contributed by atoms with Crippen molar-refractivity contribution < 1.29 is 23.5 Å². The van der Waals surface area contributed by atoms with E-state index in [1.54, 1.807) is 6.07 Å². The zero-order valence-electron chi connectivity index (χ0n) is 15.0. The average Bonchev–Trinajstić information content (AvgIpc) is 3.29. The summed E-state index contributed by atoms with van der Waals surface area (Å²) in [6.07, 6.45) is 6.06. The van der Waals surface area contributed by atoms with Gasteiger partial charge in [0.1, 0.15) is 17.3 Å². The van der Waals surface area contributed by atoms with Gasteiger partial charge >= 0.3 is 5.97 Å². The summed E-state index contributed by atoms with van der Waals surface area (Å²) in [4.78, 5) is 27.2. The van der Waals surface area contributed by atoms with E-state index in [1.807, 2.05) is 12.2 Å². The molecule has 3 aliphatic heterocycles. The number of rotatable bonds is 6. The van der Waals surface area contributed by atoms with Gasteiger partial charge in [-0.15, -0.1) is 0 Å². The van der Waals surface area contributed by atoms with Crippen LogP contribution in [-0.4, -0.2) is 36.7 Å². The Labute approximate surface area is 162 Å². The molecule has 5 nitrogen and oxygen atoms in total. The van der Waals surface area contributed by atoms with Crippen LogP contribution in [0, 0.1) is 17.7 Å². The molecule has 2 bridgehead atoms. The van der Waals surface area contributed by atoms with Gasteiger partial charge < -0.3 is 14.4 Å². The number of ether oxygens (including phenoxy) is 2. The van der Waals surface area contributed by atoms with Crippen molar-refractivity contribution in [2.24, 2.45) is 11.8 Å². The van der Waals surface area contributed by atoms with Crippen LogP contribution in [0.3, 0.4) is 0 Å². The normalized spacial score (nSPS) is 30.9. The van der Waals surface area contributed by atoms with E-state index in [1.165, 1.54) is 17.0 Å². The van der Waals surface area contributed by atoms with E-state index in [0.717, 1.165) is 19.3 Å². The summed E-state index contributed by atoms with van der Waals surface area (Å²) in [5.41, 5.74) is -0.452. The van der Waals surface area contributed by atoms with Crippen LogP contribution in [0.2, 0.25) is 5.02 Å². The van der Waals surface area contributed by atoms with Gasteiger partial charge in [-0.2, -0.15) is 0 Å². The molecule has 1 spiro atoms. The molecule has 1 aromatic carbocycles. The van der Waals surface area contributed by atoms with Gasteiger partial charge in [-0.05, 0) is 24.6 Å². The lowest BCUT2D eigenvalue weighted by Gasteiger charge is -2.22. The molecule has 2 saturated heterocycles. The molecule has 27 heavy (non-hydrogen) atoms. The topological polar surface area (TPSA) is 55.8 Å². The summed E-state index contributed by atoms with van der Waals surface area (Å²) in [7, 11) is 0. The molecular weight excluding hydrogens is 373 g/mol. The van der Waals surface area contributed by atoms with Crippen molar-refractivity contribution in [3.05, 3.63) is 41.2 Å². The molecule has 0 N–H and O–H groups in total. The minimum atomic E-state index is -0.856. The summed E-state index contributed by atoms with van der Waals surface area (Å²) >= 11 is 5.74. The largest absolute Gasteiger partial charge is 0.465 e. The van der Waals surface area contributed by atoms with Crippen LogP contribution in [0.1, 0.15) is 26.2 Å². The first-order valence-corrected chi connectivity index (χ1v) is 9.65. The lowest BCUT2D eigenvalue weighted by Crippen LogP contribution is -2.40. The Morgan fingerprint density at radius 3 is 3.00 bits per heavy atom. The lowest BCUT2D eigenvalue weighted by molar-refractivity contribution is -0.152. The van der Waals surface area contributed by atoms with Gasteiger partial charge in [-0.3, -0.25) is 9.59 Å². The summed E-state index contributed by atoms with van der Waals surface area (Å²) < 4.78 is 25.3. The Kier molecular flexibility index (Phi) is 4.72. The fourth-order valence-corrected chi connectivity index (χ4v) is 4.38. The summed E-state index contributed by atoms with van der Waals surface area (Å²) in [5.74, 6) is -2.55. The van der Waals surface area contributed by atoms with Gasteiger partial charge in [-0.25, -0.2) is 4.39 Å². The standard InChI is InChI=1S/C20H21ClFNO4/c1-2-3-4-9-26-19(25)16-15-7-8-20(27-15)11-23(18(24)17(16)20)12-5-6-13(21)14(22)10-12/h5-8,10,15-17H,2-4,9,11H2,1H3/t15-,16+,17+,20-/m1/s1. The number of carbonyl (C=O) groups is 2. The van der Waals surface area contributed by atoms with Crippen LogP contribution in [0.5, 0.6) is 0 Å². The first-order chi connectivity index (χ1) is 13.0. The molecule has 4 rings (SSSR count). The second-order valence-electron chi connectivity index (χ2n) is 7.30. The van der Waals surface area contributed by atoms with Crippen LogP contribution in [0.25, 0.3) is 0 Å². The second-order valence-corrected chi connectivity index (χ2v) is 7.70. The van der Waals surface area contributed by atoms with E-state index in [2.05, 4.69) is 6.92 Å². The molecule has 1 amide bonds. The van der Waals surface area contributed by atoms with E-state index >= 15 is 0 Å². The first-order valence-electron chi connectivity index (χ1n) is 9.27. The molecule has 0 unspecified atom stereocenters. The number of halogens is 2. The smallest absolute Gasteiger partial charge is 0.312 e. The number of nitrogens with zero attached hydrogens (tertiary/aromatic N) is 1. The highest BCUT2D eigenvalue weighted by atomic mass is 35.5. The van der Waals surface area contributed by atoms with Crippen molar-refractivity contribution in [2.75, 3.05) is 18.1 Å². The zero-order chi connectivity index (χ0) is 19.2. The van der Waals surface area contributed by atoms with E-state index in [-0.39, 0.29) is 17.5 Å². The van der Waals surface area contributed by atoms with Gasteiger partial charge in [0.2, 0.25) is 5.91 Å². The SMILES string of the molecule is CCCCCOC(=O)[C@@H]1[C@H]2C(=O)N(c3ccc(Cl)c(F)c3)C[C@]23C=C[C@H]1O3. The van der Waals surface area contributed by atoms with Gasteiger partial charge in [0, 0.05) is 5.69 Å². The van der Waals surface area contributed by atoms with Gasteiger partial charge in [0.25, 0.3) is 0 Å². The molecule has 144 valence electrons. The van der Waals surface area contributed by atoms with Crippen LogP contribution < -0.4 is 4.90 Å². The molecule has 0 radical (unpaired) electrons. The Morgan fingerprint density at radius 1 is 1.44 bits per heavy atom. The predicted octanol–water partition coefficient (Wildman–Crippen LogP) is 3.50. The highest BCUT2D eigenvalue weighted by Gasteiger charge is 2.67. The summed E-state index contributed by atoms with van der Waals surface area (Å²) in [5, 5.41) is -0.00522. The molecular formula is C20H21ClFNO4. The molecule has 3 aliphatic rings. The number of esters is 1. The maximum atomic E-state index is 13.9. The maximum Gasteiger partial charge on any atom is 0.312 e. The first kappa shape index (κ1) is 18.4. The highest BCUT2D eigenvalue weighted by molar-refractivity contribution is 6.30. The maximum absolute atomic E-state index is 13.9. The molecule has 4 atom stereocenters. The monoisotopic (exact) mass is 393 g/mol. The quantitative estimate of drug-likeness (QED) is 0.421. The third-order valence-corrected chi connectivity index (χ3v) is 5.89. The lowest BCUT2D eigenvalue weighted by atomic mass is 9.77. The van der Waals surface area contributed by atoms with Crippen molar-refractivity contribution in [3.63, 3.8) is 0 Å². The van der Waals surface area contributed by atoms with Gasteiger partial charge in [-0.1, -0.05) is 43.5 Å². The van der Waals surface area contributed by atoms with Crippen LogP contribution in [-0.2, 0) is 19.1 Å². The minimum Gasteiger partial charge on any atom is -0.465 e. The van der Waals surface area contributed by atoms with Crippen molar-refractivity contribution in [1.82, 2.24) is 0 Å². The number of amides is 1. The average molecular weight is 394 g/mol. The molecule has 3 heterocycles. The minimum absolute atomic E-state index is 0.00522. The van der Waals surface area contributed by atoms with Gasteiger partial charge in [0.05, 0.1) is 30.2 Å². The number of anilines is 1. The Hall–Kier alpha value is -1.92. The van der Waals surface area contributed by atoms with Crippen LogP contribution >= 0.6 is 11.6 Å². The molecule has 0 aliphatic carbocycles. The highest BCUT2D eigenvalue weighted by Crippen LogP contribution is 2.53. The third-order valence-electron chi connectivity index (χ3n) is 5.58. The number of hydrogen-bond acceptors (Lipinski definition) is 4. The summed E-state index contributed by atoms with van der Waals surface area (Å²) in [6, 6.07) is 4.24. The number of hydrogen-bond donors (Lipinski definition) is 0. The molecule has 0 saturated carbocycles. The van der Waals surface area contributed by atoms with E-state index in [9.17, 15) is 14.0 Å². The van der Waals surface area contributed by atoms with Crippen molar-refractivity contribution in [2.45, 2.75) is 37.9 Å². The Morgan fingerprint density at radius 2 is 2.26 bits per heavy atom. The van der Waals surface area contributed by atoms with Crippen LogP contribution in [0.15, 0.2) is 30.4 Å². The number of carbonyl (C=O) groups excluding carboxylic acids is 2. The molecule has 2 fully saturated rings. The van der Waals surface area contributed by atoms with Crippen molar-refractivity contribution >= 4 is 29.2 Å². The predicted molar refractivity (Wildman–Crippen MR) is 98.0 cm³/mol. The fourth-order valence-electron chi connectivity index (χ4n) is 4.26. The zero-order valence-corrected chi connectivity index (χ0v) is 15.7. The second kappa shape index (κ2) is 6.91. The Balaban J connectivity index is 1.55.